The number of carbonyl (C=O) groups is 2. The van der Waals surface area contributed by atoms with Crippen molar-refractivity contribution in [2.24, 2.45) is 0 Å². The van der Waals surface area contributed by atoms with Crippen molar-refractivity contribution < 1.29 is 19.4 Å². The summed E-state index contributed by atoms with van der Waals surface area (Å²) < 4.78 is 6.84. The van der Waals surface area contributed by atoms with Crippen LogP contribution in [0.15, 0.2) is 89.0 Å². The number of amides is 1. The third-order valence-electron chi connectivity index (χ3n) is 4.04. The first kappa shape index (κ1) is 20.4. The first-order valence-electron chi connectivity index (χ1n) is 8.80. The number of hydrogen-bond donors (Lipinski definition) is 2. The van der Waals surface area contributed by atoms with Crippen molar-refractivity contribution in [3.05, 3.63) is 106 Å². The molecular formula is C23H18BrNO4. The fourth-order valence-corrected chi connectivity index (χ4v) is 2.83. The molecule has 0 spiro atoms. The second-order valence-corrected chi connectivity index (χ2v) is 7.05. The fourth-order valence-electron chi connectivity index (χ4n) is 2.56. The monoisotopic (exact) mass is 451 g/mol. The Kier molecular flexibility index (Phi) is 6.81. The molecular weight excluding hydrogens is 434 g/mol. The maximum atomic E-state index is 12.3. The van der Waals surface area contributed by atoms with Gasteiger partial charge in [-0.05, 0) is 42.0 Å². The molecule has 0 radical (unpaired) electrons. The van der Waals surface area contributed by atoms with Crippen LogP contribution in [0.5, 0.6) is 5.75 Å². The van der Waals surface area contributed by atoms with Gasteiger partial charge in [-0.3, -0.25) is 4.79 Å². The van der Waals surface area contributed by atoms with Crippen LogP contribution in [-0.2, 0) is 11.4 Å². The second-order valence-electron chi connectivity index (χ2n) is 6.14. The predicted octanol–water partition coefficient (Wildman–Crippen LogP) is 4.88. The number of rotatable bonds is 7. The van der Waals surface area contributed by atoms with Gasteiger partial charge in [0.05, 0.1) is 0 Å². The summed E-state index contributed by atoms with van der Waals surface area (Å²) in [6.45, 7) is 0.330. The zero-order valence-electron chi connectivity index (χ0n) is 15.3. The van der Waals surface area contributed by atoms with E-state index in [1.165, 1.54) is 6.08 Å². The Hall–Kier alpha value is -3.38. The van der Waals surface area contributed by atoms with Crippen LogP contribution in [-0.4, -0.2) is 17.0 Å². The Morgan fingerprint density at radius 2 is 1.59 bits per heavy atom. The Balaban J connectivity index is 1.80. The van der Waals surface area contributed by atoms with Gasteiger partial charge in [-0.15, -0.1) is 0 Å². The third kappa shape index (κ3) is 5.80. The van der Waals surface area contributed by atoms with Crippen LogP contribution in [0.4, 0.5) is 0 Å². The standard InChI is InChI=1S/C23H18BrNO4/c24-19-12-10-16(11-13-19)15-29-21-9-5-4-8-18(21)14-20(23(27)28)25-22(26)17-6-2-1-3-7-17/h1-14H,15H2,(H,25,26)(H,27,28)/b20-14+. The average Bonchev–Trinajstić information content (AvgIpc) is 2.74. The number of hydrogen-bond acceptors (Lipinski definition) is 3. The van der Waals surface area contributed by atoms with Gasteiger partial charge in [-0.1, -0.05) is 64.5 Å². The van der Waals surface area contributed by atoms with Crippen LogP contribution in [0.25, 0.3) is 6.08 Å². The van der Waals surface area contributed by atoms with Crippen molar-refractivity contribution >= 4 is 33.9 Å². The van der Waals surface area contributed by atoms with Gasteiger partial charge in [0.1, 0.15) is 18.1 Å². The minimum Gasteiger partial charge on any atom is -0.488 e. The van der Waals surface area contributed by atoms with Crippen molar-refractivity contribution in [3.63, 3.8) is 0 Å². The molecule has 146 valence electrons. The lowest BCUT2D eigenvalue weighted by atomic mass is 10.1. The minimum atomic E-state index is -1.24. The molecule has 29 heavy (non-hydrogen) atoms. The highest BCUT2D eigenvalue weighted by Gasteiger charge is 2.14. The van der Waals surface area contributed by atoms with Gasteiger partial charge in [0.25, 0.3) is 5.91 Å². The summed E-state index contributed by atoms with van der Waals surface area (Å²) in [6, 6.07) is 23.2. The average molecular weight is 452 g/mol. The van der Waals surface area contributed by atoms with E-state index >= 15 is 0 Å². The van der Waals surface area contributed by atoms with Crippen LogP contribution in [0.1, 0.15) is 21.5 Å². The number of halogens is 1. The summed E-state index contributed by atoms with van der Waals surface area (Å²) >= 11 is 3.39. The first-order chi connectivity index (χ1) is 14.0. The van der Waals surface area contributed by atoms with Gasteiger partial charge in [0, 0.05) is 15.6 Å². The molecule has 6 heteroatoms. The molecule has 0 bridgehead atoms. The molecule has 3 rings (SSSR count). The van der Waals surface area contributed by atoms with Crippen LogP contribution >= 0.6 is 15.9 Å². The number of para-hydroxylation sites is 1. The SMILES string of the molecule is O=C(O)/C(=C\c1ccccc1OCc1ccc(Br)cc1)NC(=O)c1ccccc1. The number of carboxylic acid groups (broad SMARTS) is 1. The molecule has 0 unspecified atom stereocenters. The lowest BCUT2D eigenvalue weighted by Crippen LogP contribution is -2.27. The normalized spacial score (nSPS) is 11.0. The number of benzene rings is 3. The summed E-state index contributed by atoms with van der Waals surface area (Å²) in [5.41, 5.74) is 1.66. The van der Waals surface area contributed by atoms with Gasteiger partial charge < -0.3 is 15.2 Å². The highest BCUT2D eigenvalue weighted by molar-refractivity contribution is 9.10. The molecule has 0 heterocycles. The molecule has 0 aliphatic carbocycles. The number of aliphatic carboxylic acids is 1. The Morgan fingerprint density at radius 3 is 2.28 bits per heavy atom. The largest absolute Gasteiger partial charge is 0.488 e. The molecule has 5 nitrogen and oxygen atoms in total. The number of nitrogens with one attached hydrogen (secondary N) is 1. The van der Waals surface area contributed by atoms with E-state index in [0.717, 1.165) is 10.0 Å². The quantitative estimate of drug-likeness (QED) is 0.501. The van der Waals surface area contributed by atoms with E-state index in [-0.39, 0.29) is 5.70 Å². The summed E-state index contributed by atoms with van der Waals surface area (Å²) in [7, 11) is 0. The van der Waals surface area contributed by atoms with E-state index in [1.54, 1.807) is 54.6 Å². The molecule has 0 fully saturated rings. The predicted molar refractivity (Wildman–Crippen MR) is 114 cm³/mol. The van der Waals surface area contributed by atoms with E-state index in [0.29, 0.717) is 23.5 Å². The van der Waals surface area contributed by atoms with Crippen LogP contribution in [0.3, 0.4) is 0 Å². The van der Waals surface area contributed by atoms with Gasteiger partial charge in [-0.2, -0.15) is 0 Å². The lowest BCUT2D eigenvalue weighted by Gasteiger charge is -2.11. The van der Waals surface area contributed by atoms with Gasteiger partial charge in [0.15, 0.2) is 0 Å². The van der Waals surface area contributed by atoms with Crippen molar-refractivity contribution in [3.8, 4) is 5.75 Å². The van der Waals surface area contributed by atoms with E-state index < -0.39 is 11.9 Å². The van der Waals surface area contributed by atoms with E-state index in [1.807, 2.05) is 24.3 Å². The maximum absolute atomic E-state index is 12.3. The molecule has 3 aromatic rings. The molecule has 0 saturated carbocycles. The minimum absolute atomic E-state index is 0.237. The second kappa shape index (κ2) is 9.71. The van der Waals surface area contributed by atoms with E-state index in [9.17, 15) is 14.7 Å². The summed E-state index contributed by atoms with van der Waals surface area (Å²) in [5.74, 6) is -1.22. The topological polar surface area (TPSA) is 75.6 Å². The number of carboxylic acids is 1. The number of ether oxygens (including phenoxy) is 1. The molecule has 0 saturated heterocycles. The zero-order valence-corrected chi connectivity index (χ0v) is 16.9. The summed E-state index contributed by atoms with van der Waals surface area (Å²) in [6.07, 6.45) is 1.39. The maximum Gasteiger partial charge on any atom is 0.352 e. The molecule has 2 N–H and O–H groups in total. The van der Waals surface area contributed by atoms with E-state index in [2.05, 4.69) is 21.2 Å². The molecule has 0 aliphatic rings. The van der Waals surface area contributed by atoms with Crippen molar-refractivity contribution in [2.45, 2.75) is 6.61 Å². The summed E-state index contributed by atoms with van der Waals surface area (Å²) in [4.78, 5) is 24.0. The first-order valence-corrected chi connectivity index (χ1v) is 9.60. The van der Waals surface area contributed by atoms with Crippen LogP contribution in [0.2, 0.25) is 0 Å². The Morgan fingerprint density at radius 1 is 0.931 bits per heavy atom. The highest BCUT2D eigenvalue weighted by Crippen LogP contribution is 2.22. The van der Waals surface area contributed by atoms with E-state index in [4.69, 9.17) is 4.74 Å². The van der Waals surface area contributed by atoms with Crippen LogP contribution in [0, 0.1) is 0 Å². The van der Waals surface area contributed by atoms with Gasteiger partial charge in [0.2, 0.25) is 0 Å². The zero-order chi connectivity index (χ0) is 20.6. The van der Waals surface area contributed by atoms with Gasteiger partial charge >= 0.3 is 5.97 Å². The molecule has 0 aliphatic heterocycles. The van der Waals surface area contributed by atoms with Crippen molar-refractivity contribution in [2.75, 3.05) is 0 Å². The molecule has 3 aromatic carbocycles. The third-order valence-corrected chi connectivity index (χ3v) is 4.57. The summed E-state index contributed by atoms with van der Waals surface area (Å²) in [5, 5.41) is 12.0. The lowest BCUT2D eigenvalue weighted by molar-refractivity contribution is -0.132. The fraction of sp³-hybridized carbons (Fsp3) is 0.0435. The smallest absolute Gasteiger partial charge is 0.352 e. The van der Waals surface area contributed by atoms with Crippen molar-refractivity contribution in [1.29, 1.82) is 0 Å². The van der Waals surface area contributed by atoms with Gasteiger partial charge in [-0.25, -0.2) is 4.79 Å². The van der Waals surface area contributed by atoms with Crippen molar-refractivity contribution in [1.82, 2.24) is 5.32 Å². The molecule has 0 aromatic heterocycles. The molecule has 1 amide bonds. The molecule has 0 atom stereocenters. The highest BCUT2D eigenvalue weighted by atomic mass is 79.9. The number of carbonyl (C=O) groups excluding carboxylic acids is 1. The Labute approximate surface area is 176 Å². The van der Waals surface area contributed by atoms with Crippen LogP contribution < -0.4 is 10.1 Å². The Bertz CT molecular complexity index is 1030.